The molecule has 1 heterocycles. The van der Waals surface area contributed by atoms with Gasteiger partial charge in [0.05, 0.1) is 6.10 Å². The maximum Gasteiger partial charge on any atom is 0.223 e. The van der Waals surface area contributed by atoms with E-state index in [2.05, 4.69) is 0 Å². The predicted octanol–water partition coefficient (Wildman–Crippen LogP) is 1.90. The van der Waals surface area contributed by atoms with Crippen molar-refractivity contribution in [3.05, 3.63) is 35.4 Å². The van der Waals surface area contributed by atoms with E-state index in [9.17, 15) is 9.90 Å². The van der Waals surface area contributed by atoms with Crippen LogP contribution in [0.2, 0.25) is 0 Å². The number of benzene rings is 1. The molecule has 0 saturated carbocycles. The van der Waals surface area contributed by atoms with Crippen molar-refractivity contribution in [2.45, 2.75) is 26.4 Å². The van der Waals surface area contributed by atoms with Crippen molar-refractivity contribution >= 4 is 5.91 Å². The number of aryl methyl sites for hydroxylation is 1. The largest absolute Gasteiger partial charge is 0.388 e. The molecule has 3 heteroatoms. The summed E-state index contributed by atoms with van der Waals surface area (Å²) in [6, 6.07) is 7.87. The normalized spacial score (nSPS) is 21.9. The molecule has 1 aromatic carbocycles. The molecule has 0 aromatic heterocycles. The SMILES string of the molecule is CCN1CC(C(O)c2ccc(C)cc2)CC1=O. The number of hydrogen-bond acceptors (Lipinski definition) is 2. The highest BCUT2D eigenvalue weighted by Crippen LogP contribution is 2.30. The quantitative estimate of drug-likeness (QED) is 0.866. The second-order valence-corrected chi connectivity index (χ2v) is 4.75. The van der Waals surface area contributed by atoms with Gasteiger partial charge in [-0.05, 0) is 19.4 Å². The number of aliphatic hydroxyl groups is 1. The summed E-state index contributed by atoms with van der Waals surface area (Å²) in [5.41, 5.74) is 2.09. The maximum absolute atomic E-state index is 11.6. The monoisotopic (exact) mass is 233 g/mol. The van der Waals surface area contributed by atoms with E-state index in [1.807, 2.05) is 43.0 Å². The molecule has 0 spiro atoms. The molecule has 1 amide bonds. The Balaban J connectivity index is 2.08. The van der Waals surface area contributed by atoms with E-state index in [0.29, 0.717) is 13.0 Å². The summed E-state index contributed by atoms with van der Waals surface area (Å²) in [6.07, 6.45) is -0.0702. The second-order valence-electron chi connectivity index (χ2n) is 4.75. The van der Waals surface area contributed by atoms with Gasteiger partial charge < -0.3 is 10.0 Å². The van der Waals surface area contributed by atoms with Crippen LogP contribution in [0.15, 0.2) is 24.3 Å². The summed E-state index contributed by atoms with van der Waals surface area (Å²) in [5, 5.41) is 10.3. The Kier molecular flexibility index (Phi) is 3.48. The van der Waals surface area contributed by atoms with Crippen molar-refractivity contribution in [3.63, 3.8) is 0 Å². The molecule has 1 saturated heterocycles. The van der Waals surface area contributed by atoms with Crippen LogP contribution >= 0.6 is 0 Å². The number of carbonyl (C=O) groups excluding carboxylic acids is 1. The zero-order chi connectivity index (χ0) is 12.4. The molecule has 1 aliphatic heterocycles. The van der Waals surface area contributed by atoms with Gasteiger partial charge in [0.2, 0.25) is 5.91 Å². The number of carbonyl (C=O) groups is 1. The lowest BCUT2D eigenvalue weighted by molar-refractivity contribution is -0.127. The molecule has 0 radical (unpaired) electrons. The van der Waals surface area contributed by atoms with Crippen LogP contribution in [-0.2, 0) is 4.79 Å². The average molecular weight is 233 g/mol. The topological polar surface area (TPSA) is 40.5 Å². The van der Waals surface area contributed by atoms with Crippen molar-refractivity contribution in [1.29, 1.82) is 0 Å². The second kappa shape index (κ2) is 4.88. The lowest BCUT2D eigenvalue weighted by Crippen LogP contribution is -2.25. The summed E-state index contributed by atoms with van der Waals surface area (Å²) < 4.78 is 0. The van der Waals surface area contributed by atoms with Crippen molar-refractivity contribution in [2.75, 3.05) is 13.1 Å². The summed E-state index contributed by atoms with van der Waals surface area (Å²) >= 11 is 0. The van der Waals surface area contributed by atoms with Gasteiger partial charge in [0.15, 0.2) is 0 Å². The molecular formula is C14H19NO2. The van der Waals surface area contributed by atoms with Crippen molar-refractivity contribution in [1.82, 2.24) is 4.90 Å². The summed E-state index contributed by atoms with van der Waals surface area (Å²) in [7, 11) is 0. The minimum atomic E-state index is -0.531. The summed E-state index contributed by atoms with van der Waals surface area (Å²) in [4.78, 5) is 13.4. The van der Waals surface area contributed by atoms with Crippen LogP contribution in [-0.4, -0.2) is 29.0 Å². The third-order valence-electron chi connectivity index (χ3n) is 3.49. The van der Waals surface area contributed by atoms with Crippen molar-refractivity contribution < 1.29 is 9.90 Å². The first kappa shape index (κ1) is 12.1. The van der Waals surface area contributed by atoms with Crippen LogP contribution in [0.3, 0.4) is 0 Å². The molecule has 2 unspecified atom stereocenters. The van der Waals surface area contributed by atoms with Gasteiger partial charge in [0.1, 0.15) is 0 Å². The van der Waals surface area contributed by atoms with Gasteiger partial charge in [-0.3, -0.25) is 4.79 Å². The average Bonchev–Trinajstić information content (AvgIpc) is 2.70. The molecule has 1 aliphatic rings. The third kappa shape index (κ3) is 2.50. The molecule has 3 nitrogen and oxygen atoms in total. The minimum absolute atomic E-state index is 0.0326. The number of hydrogen-bond donors (Lipinski definition) is 1. The van der Waals surface area contributed by atoms with Gasteiger partial charge in [0.25, 0.3) is 0 Å². The predicted molar refractivity (Wildman–Crippen MR) is 66.5 cm³/mol. The van der Waals surface area contributed by atoms with E-state index in [1.54, 1.807) is 0 Å². The molecule has 0 aliphatic carbocycles. The molecule has 2 atom stereocenters. The zero-order valence-corrected chi connectivity index (χ0v) is 10.4. The third-order valence-corrected chi connectivity index (χ3v) is 3.49. The zero-order valence-electron chi connectivity index (χ0n) is 10.4. The standard InChI is InChI=1S/C14H19NO2/c1-3-15-9-12(8-13(15)16)14(17)11-6-4-10(2)5-7-11/h4-7,12,14,17H,3,8-9H2,1-2H3. The van der Waals surface area contributed by atoms with Crippen LogP contribution in [0.5, 0.6) is 0 Å². The van der Waals surface area contributed by atoms with E-state index in [-0.39, 0.29) is 11.8 Å². The first-order valence-corrected chi connectivity index (χ1v) is 6.14. The van der Waals surface area contributed by atoms with Crippen LogP contribution in [0.4, 0.5) is 0 Å². The molecule has 92 valence electrons. The molecular weight excluding hydrogens is 214 g/mol. The van der Waals surface area contributed by atoms with E-state index >= 15 is 0 Å². The van der Waals surface area contributed by atoms with Crippen molar-refractivity contribution in [3.8, 4) is 0 Å². The lowest BCUT2D eigenvalue weighted by atomic mass is 9.94. The minimum Gasteiger partial charge on any atom is -0.388 e. The van der Waals surface area contributed by atoms with Crippen LogP contribution < -0.4 is 0 Å². The molecule has 2 rings (SSSR count). The number of amides is 1. The number of rotatable bonds is 3. The highest BCUT2D eigenvalue weighted by Gasteiger charge is 2.33. The van der Waals surface area contributed by atoms with Gasteiger partial charge in [-0.2, -0.15) is 0 Å². The Bertz CT molecular complexity index is 399. The van der Waals surface area contributed by atoms with Crippen LogP contribution in [0.1, 0.15) is 30.6 Å². The van der Waals surface area contributed by atoms with Crippen LogP contribution in [0.25, 0.3) is 0 Å². The molecule has 1 N–H and O–H groups in total. The number of likely N-dealkylation sites (tertiary alicyclic amines) is 1. The van der Waals surface area contributed by atoms with Gasteiger partial charge in [-0.25, -0.2) is 0 Å². The Hall–Kier alpha value is -1.35. The Morgan fingerprint density at radius 1 is 1.41 bits per heavy atom. The Morgan fingerprint density at radius 2 is 2.06 bits per heavy atom. The fourth-order valence-corrected chi connectivity index (χ4v) is 2.36. The van der Waals surface area contributed by atoms with E-state index in [4.69, 9.17) is 0 Å². The number of aliphatic hydroxyl groups excluding tert-OH is 1. The van der Waals surface area contributed by atoms with Gasteiger partial charge >= 0.3 is 0 Å². The highest BCUT2D eigenvalue weighted by molar-refractivity contribution is 5.78. The van der Waals surface area contributed by atoms with E-state index in [0.717, 1.165) is 12.1 Å². The lowest BCUT2D eigenvalue weighted by Gasteiger charge is -2.19. The Morgan fingerprint density at radius 3 is 2.59 bits per heavy atom. The molecule has 1 fully saturated rings. The Labute approximate surface area is 102 Å². The van der Waals surface area contributed by atoms with Gasteiger partial charge in [-0.15, -0.1) is 0 Å². The molecule has 0 bridgehead atoms. The van der Waals surface area contributed by atoms with E-state index < -0.39 is 6.10 Å². The maximum atomic E-state index is 11.6. The highest BCUT2D eigenvalue weighted by atomic mass is 16.3. The first-order chi connectivity index (χ1) is 8.11. The smallest absolute Gasteiger partial charge is 0.223 e. The van der Waals surface area contributed by atoms with Gasteiger partial charge in [0, 0.05) is 25.4 Å². The fourth-order valence-electron chi connectivity index (χ4n) is 2.36. The van der Waals surface area contributed by atoms with E-state index in [1.165, 1.54) is 5.56 Å². The fraction of sp³-hybridized carbons (Fsp3) is 0.500. The molecule has 1 aromatic rings. The van der Waals surface area contributed by atoms with Gasteiger partial charge in [-0.1, -0.05) is 29.8 Å². The van der Waals surface area contributed by atoms with Crippen LogP contribution in [0, 0.1) is 12.8 Å². The summed E-state index contributed by atoms with van der Waals surface area (Å²) in [5.74, 6) is 0.189. The van der Waals surface area contributed by atoms with Crippen molar-refractivity contribution in [2.24, 2.45) is 5.92 Å². The summed E-state index contributed by atoms with van der Waals surface area (Å²) in [6.45, 7) is 5.40. The number of nitrogens with zero attached hydrogens (tertiary/aromatic N) is 1. The molecule has 17 heavy (non-hydrogen) atoms. The first-order valence-electron chi connectivity index (χ1n) is 6.14.